The minimum atomic E-state index is -0.967. The van der Waals surface area contributed by atoms with Crippen molar-refractivity contribution in [2.75, 3.05) is 0 Å². The topological polar surface area (TPSA) is 114 Å². The first-order valence-electron chi connectivity index (χ1n) is 4.47. The Bertz CT molecular complexity index is 450. The SMILES string of the molecule is C/C(=N\N=C(N)N)c1ccc(C(=O)O)cc1.Cl. The van der Waals surface area contributed by atoms with Crippen LogP contribution in [0.5, 0.6) is 0 Å². The van der Waals surface area contributed by atoms with Gasteiger partial charge >= 0.3 is 5.97 Å². The molecule has 0 heterocycles. The number of halogens is 1. The number of hydrogen-bond acceptors (Lipinski definition) is 3. The minimum Gasteiger partial charge on any atom is -0.478 e. The normalized spacial score (nSPS) is 10.3. The molecule has 6 nitrogen and oxygen atoms in total. The summed E-state index contributed by atoms with van der Waals surface area (Å²) in [6, 6.07) is 6.27. The van der Waals surface area contributed by atoms with Gasteiger partial charge in [-0.2, -0.15) is 5.10 Å². The summed E-state index contributed by atoms with van der Waals surface area (Å²) in [5.74, 6) is -1.09. The van der Waals surface area contributed by atoms with E-state index in [9.17, 15) is 4.79 Å². The second-order valence-corrected chi connectivity index (χ2v) is 3.09. The predicted molar refractivity (Wildman–Crippen MR) is 68.7 cm³/mol. The molecule has 0 aliphatic rings. The molecule has 0 unspecified atom stereocenters. The maximum absolute atomic E-state index is 10.6. The Morgan fingerprint density at radius 3 is 2.00 bits per heavy atom. The van der Waals surface area contributed by atoms with Gasteiger partial charge in [0.1, 0.15) is 0 Å². The first-order chi connectivity index (χ1) is 7.50. The molecule has 17 heavy (non-hydrogen) atoms. The predicted octanol–water partition coefficient (Wildman–Crippen LogP) is 0.804. The van der Waals surface area contributed by atoms with Crippen LogP contribution in [0.15, 0.2) is 34.5 Å². The summed E-state index contributed by atoms with van der Waals surface area (Å²) in [6.07, 6.45) is 0. The zero-order chi connectivity index (χ0) is 12.1. The van der Waals surface area contributed by atoms with Gasteiger partial charge in [-0.05, 0) is 24.6 Å². The number of carbonyl (C=O) groups is 1. The fraction of sp³-hybridized carbons (Fsp3) is 0.100. The fourth-order valence-electron chi connectivity index (χ4n) is 1.04. The van der Waals surface area contributed by atoms with Gasteiger partial charge < -0.3 is 16.6 Å². The van der Waals surface area contributed by atoms with E-state index in [1.165, 1.54) is 12.1 Å². The second-order valence-electron chi connectivity index (χ2n) is 3.09. The zero-order valence-electron chi connectivity index (χ0n) is 9.12. The lowest BCUT2D eigenvalue weighted by Gasteiger charge is -1.99. The third-order valence-electron chi connectivity index (χ3n) is 1.87. The molecule has 7 heteroatoms. The van der Waals surface area contributed by atoms with Crippen LogP contribution in [0.25, 0.3) is 0 Å². The molecule has 0 bridgehead atoms. The zero-order valence-corrected chi connectivity index (χ0v) is 9.94. The van der Waals surface area contributed by atoms with E-state index in [-0.39, 0.29) is 23.9 Å². The van der Waals surface area contributed by atoms with Crippen LogP contribution >= 0.6 is 12.4 Å². The quantitative estimate of drug-likeness (QED) is 0.422. The summed E-state index contributed by atoms with van der Waals surface area (Å²) in [4.78, 5) is 10.6. The van der Waals surface area contributed by atoms with Gasteiger partial charge in [-0.25, -0.2) is 4.79 Å². The second kappa shape index (κ2) is 6.49. The van der Waals surface area contributed by atoms with Gasteiger partial charge in [0.25, 0.3) is 0 Å². The Morgan fingerprint density at radius 2 is 1.59 bits per heavy atom. The van der Waals surface area contributed by atoms with Gasteiger partial charge in [-0.3, -0.25) is 0 Å². The van der Waals surface area contributed by atoms with Crippen molar-refractivity contribution in [2.45, 2.75) is 6.92 Å². The van der Waals surface area contributed by atoms with E-state index in [0.717, 1.165) is 5.56 Å². The lowest BCUT2D eigenvalue weighted by atomic mass is 10.1. The van der Waals surface area contributed by atoms with Crippen molar-refractivity contribution < 1.29 is 9.90 Å². The van der Waals surface area contributed by atoms with Crippen LogP contribution in [0, 0.1) is 0 Å². The summed E-state index contributed by atoms with van der Waals surface area (Å²) in [6.45, 7) is 1.72. The summed E-state index contributed by atoms with van der Waals surface area (Å²) in [7, 11) is 0. The molecule has 0 aromatic heterocycles. The van der Waals surface area contributed by atoms with Crippen molar-refractivity contribution in [3.63, 3.8) is 0 Å². The number of aromatic carboxylic acids is 1. The largest absolute Gasteiger partial charge is 0.478 e. The first kappa shape index (κ1) is 14.9. The van der Waals surface area contributed by atoms with Crippen LogP contribution in [0.3, 0.4) is 0 Å². The van der Waals surface area contributed by atoms with E-state index >= 15 is 0 Å². The third-order valence-corrected chi connectivity index (χ3v) is 1.87. The van der Waals surface area contributed by atoms with E-state index in [4.69, 9.17) is 16.6 Å². The molecule has 1 aromatic carbocycles. The molecular weight excluding hydrogens is 244 g/mol. The average molecular weight is 257 g/mol. The van der Waals surface area contributed by atoms with Crippen molar-refractivity contribution >= 4 is 30.0 Å². The maximum Gasteiger partial charge on any atom is 0.335 e. The van der Waals surface area contributed by atoms with Crippen LogP contribution in [0.1, 0.15) is 22.8 Å². The number of guanidine groups is 1. The lowest BCUT2D eigenvalue weighted by molar-refractivity contribution is 0.0697. The number of nitrogens with two attached hydrogens (primary N) is 2. The van der Waals surface area contributed by atoms with Crippen LogP contribution in [-0.4, -0.2) is 22.7 Å². The van der Waals surface area contributed by atoms with Gasteiger partial charge in [-0.15, -0.1) is 17.5 Å². The van der Waals surface area contributed by atoms with Gasteiger partial charge in [0.2, 0.25) is 5.96 Å². The van der Waals surface area contributed by atoms with Gasteiger partial charge in [-0.1, -0.05) is 12.1 Å². The molecule has 0 amide bonds. The number of rotatable bonds is 3. The summed E-state index contributed by atoms with van der Waals surface area (Å²) >= 11 is 0. The molecule has 0 aliphatic heterocycles. The van der Waals surface area contributed by atoms with Crippen molar-refractivity contribution in [1.29, 1.82) is 0 Å². The fourth-order valence-corrected chi connectivity index (χ4v) is 1.04. The molecule has 1 rings (SSSR count). The Hall–Kier alpha value is -2.08. The standard InChI is InChI=1S/C10H12N4O2.ClH/c1-6(13-14-10(11)12)7-2-4-8(5-3-7)9(15)16;/h2-5H,1H3,(H,15,16)(H4,11,12,14);1H/b13-6+;. The van der Waals surface area contributed by atoms with Crippen LogP contribution < -0.4 is 11.5 Å². The van der Waals surface area contributed by atoms with Gasteiger partial charge in [0.15, 0.2) is 0 Å². The third kappa shape index (κ3) is 4.52. The number of carboxylic acids is 1. The Morgan fingerprint density at radius 1 is 1.12 bits per heavy atom. The van der Waals surface area contributed by atoms with Gasteiger partial charge in [0, 0.05) is 0 Å². The Balaban J connectivity index is 0.00000256. The van der Waals surface area contributed by atoms with Crippen molar-refractivity contribution in [1.82, 2.24) is 0 Å². The summed E-state index contributed by atoms with van der Waals surface area (Å²) < 4.78 is 0. The van der Waals surface area contributed by atoms with Gasteiger partial charge in [0.05, 0.1) is 11.3 Å². The lowest BCUT2D eigenvalue weighted by Crippen LogP contribution is -2.22. The number of carboxylic acid groups (broad SMARTS) is 1. The molecule has 5 N–H and O–H groups in total. The molecule has 0 saturated carbocycles. The molecule has 0 radical (unpaired) electrons. The van der Waals surface area contributed by atoms with E-state index in [2.05, 4.69) is 10.2 Å². The maximum atomic E-state index is 10.6. The van der Waals surface area contributed by atoms with E-state index in [1.54, 1.807) is 19.1 Å². The van der Waals surface area contributed by atoms with Crippen LogP contribution in [-0.2, 0) is 0 Å². The van der Waals surface area contributed by atoms with Crippen molar-refractivity contribution in [3.05, 3.63) is 35.4 Å². The van der Waals surface area contributed by atoms with E-state index in [1.807, 2.05) is 0 Å². The molecule has 0 spiro atoms. The molecule has 1 aromatic rings. The summed E-state index contributed by atoms with van der Waals surface area (Å²) in [5, 5.41) is 16.0. The number of hydrogen-bond donors (Lipinski definition) is 3. The monoisotopic (exact) mass is 256 g/mol. The van der Waals surface area contributed by atoms with E-state index in [0.29, 0.717) is 5.71 Å². The highest BCUT2D eigenvalue weighted by atomic mass is 35.5. The molecule has 0 fully saturated rings. The van der Waals surface area contributed by atoms with E-state index < -0.39 is 5.97 Å². The Kier molecular flexibility index (Phi) is 5.70. The average Bonchev–Trinajstić information content (AvgIpc) is 2.26. The number of benzene rings is 1. The molecule has 0 atom stereocenters. The van der Waals surface area contributed by atoms with Crippen LogP contribution in [0.4, 0.5) is 0 Å². The van der Waals surface area contributed by atoms with Crippen LogP contribution in [0.2, 0.25) is 0 Å². The smallest absolute Gasteiger partial charge is 0.335 e. The highest BCUT2D eigenvalue weighted by Crippen LogP contribution is 2.06. The minimum absolute atomic E-state index is 0. The first-order valence-corrected chi connectivity index (χ1v) is 4.47. The molecule has 0 saturated heterocycles. The highest BCUT2D eigenvalue weighted by Gasteiger charge is 2.02. The van der Waals surface area contributed by atoms with Crippen molar-refractivity contribution in [3.8, 4) is 0 Å². The number of nitrogens with zero attached hydrogens (tertiary/aromatic N) is 2. The van der Waals surface area contributed by atoms with Crippen molar-refractivity contribution in [2.24, 2.45) is 21.7 Å². The Labute approximate surface area is 104 Å². The molecular formula is C10H13ClN4O2. The summed E-state index contributed by atoms with van der Waals surface area (Å²) in [5.41, 5.74) is 11.8. The molecule has 0 aliphatic carbocycles. The highest BCUT2D eigenvalue weighted by molar-refractivity contribution is 5.99. The molecule has 92 valence electrons.